The highest BCUT2D eigenvalue weighted by Crippen LogP contribution is 2.36. The van der Waals surface area contributed by atoms with E-state index in [4.69, 9.17) is 4.74 Å². The number of ether oxygens (including phenoxy) is 1. The number of thiazole rings is 1. The number of aryl methyl sites for hydroxylation is 1. The zero-order valence-electron chi connectivity index (χ0n) is 33.2. The average molecular weight is 836 g/mol. The maximum absolute atomic E-state index is 13.5. The van der Waals surface area contributed by atoms with Crippen molar-refractivity contribution in [2.24, 2.45) is 17.3 Å². The Hall–Kier alpha value is -4.28. The summed E-state index contributed by atoms with van der Waals surface area (Å²) in [6, 6.07) is 13.2. The zero-order chi connectivity index (χ0) is 41.5. The number of ketones is 1. The minimum Gasteiger partial charge on any atom is -0.453 e. The molecule has 306 valence electrons. The first kappa shape index (κ1) is 45.4. The first-order valence-electron chi connectivity index (χ1n) is 18.9. The predicted molar refractivity (Wildman–Crippen MR) is 227 cm³/mol. The van der Waals surface area contributed by atoms with Crippen LogP contribution in [-0.4, -0.2) is 62.1 Å². The van der Waals surface area contributed by atoms with Gasteiger partial charge in [0.05, 0.1) is 34.7 Å². The molecule has 12 nitrogen and oxygen atoms in total. The molecule has 1 aliphatic rings. The lowest BCUT2D eigenvalue weighted by Gasteiger charge is -2.34. The molecule has 0 unspecified atom stereocenters. The van der Waals surface area contributed by atoms with Gasteiger partial charge in [0.25, 0.3) is 0 Å². The number of cyclic esters (lactones) is 1. The van der Waals surface area contributed by atoms with Crippen LogP contribution in [0, 0.1) is 24.2 Å². The van der Waals surface area contributed by atoms with Crippen LogP contribution in [-0.2, 0) is 23.9 Å². The fourth-order valence-corrected chi connectivity index (χ4v) is 8.48. The molecule has 15 heteroatoms. The molecular weight excluding hydrogens is 783 g/mol. The van der Waals surface area contributed by atoms with Crippen molar-refractivity contribution in [1.82, 2.24) is 20.8 Å². The highest BCUT2D eigenvalue weighted by Gasteiger charge is 2.42. The smallest absolute Gasteiger partial charge is 0.309 e. The largest absolute Gasteiger partial charge is 0.453 e. The Morgan fingerprint density at radius 2 is 1.79 bits per heavy atom. The number of anilines is 1. The first-order valence-corrected chi connectivity index (χ1v) is 21.9. The molecule has 0 spiro atoms. The third-order valence-electron chi connectivity index (χ3n) is 9.71. The Balaban J connectivity index is 1.41. The van der Waals surface area contributed by atoms with E-state index < -0.39 is 47.9 Å². The summed E-state index contributed by atoms with van der Waals surface area (Å²) in [6.07, 6.45) is 6.88. The number of hydrogen-bond acceptors (Lipinski definition) is 13. The molecule has 3 aromatic rings. The van der Waals surface area contributed by atoms with Crippen LogP contribution in [0.15, 0.2) is 93.5 Å². The summed E-state index contributed by atoms with van der Waals surface area (Å²) in [5, 5.41) is 28.7. The van der Waals surface area contributed by atoms with Crippen molar-refractivity contribution in [3.05, 3.63) is 94.2 Å². The van der Waals surface area contributed by atoms with E-state index >= 15 is 0 Å². The van der Waals surface area contributed by atoms with Crippen LogP contribution in [0.1, 0.15) is 83.8 Å². The number of benzene rings is 1. The van der Waals surface area contributed by atoms with E-state index in [2.05, 4.69) is 26.1 Å². The summed E-state index contributed by atoms with van der Waals surface area (Å²) < 4.78 is 5.88. The number of rotatable bonds is 11. The monoisotopic (exact) mass is 835 g/mol. The third kappa shape index (κ3) is 14.6. The number of nitrogens with one attached hydrogen (secondary N) is 3. The van der Waals surface area contributed by atoms with Gasteiger partial charge in [0.15, 0.2) is 0 Å². The molecule has 4 rings (SSSR count). The number of pyridine rings is 1. The lowest BCUT2D eigenvalue weighted by Crippen LogP contribution is -2.45. The van der Waals surface area contributed by atoms with Crippen LogP contribution in [0.3, 0.4) is 0 Å². The molecule has 0 aliphatic carbocycles. The first-order chi connectivity index (χ1) is 27.1. The molecule has 5 atom stereocenters. The van der Waals surface area contributed by atoms with Crippen LogP contribution < -0.4 is 16.2 Å². The fourth-order valence-electron chi connectivity index (χ4n) is 6.06. The van der Waals surface area contributed by atoms with Gasteiger partial charge in [-0.05, 0) is 110 Å². The van der Waals surface area contributed by atoms with E-state index in [1.807, 2.05) is 74.7 Å². The Morgan fingerprint density at radius 1 is 1.05 bits per heavy atom. The van der Waals surface area contributed by atoms with Gasteiger partial charge in [0, 0.05) is 47.1 Å². The molecule has 2 aromatic heterocycles. The second-order valence-electron chi connectivity index (χ2n) is 14.7. The van der Waals surface area contributed by atoms with Crippen molar-refractivity contribution in [2.75, 3.05) is 5.32 Å². The predicted octanol–water partition coefficient (Wildman–Crippen LogP) is 7.60. The Morgan fingerprint density at radius 3 is 2.47 bits per heavy atom. The van der Waals surface area contributed by atoms with Gasteiger partial charge in [-0.15, -0.1) is 11.3 Å². The summed E-state index contributed by atoms with van der Waals surface area (Å²) >= 11 is 1.50. The van der Waals surface area contributed by atoms with E-state index in [0.717, 1.165) is 26.2 Å². The normalized spacial score (nSPS) is 23.1. The van der Waals surface area contributed by atoms with Crippen molar-refractivity contribution in [1.29, 1.82) is 0 Å². The van der Waals surface area contributed by atoms with Crippen molar-refractivity contribution < 1.29 is 34.1 Å². The molecule has 0 bridgehead atoms. The highest BCUT2D eigenvalue weighted by atomic mass is 33.1. The van der Waals surface area contributed by atoms with E-state index in [9.17, 15) is 29.4 Å². The van der Waals surface area contributed by atoms with Gasteiger partial charge in [-0.1, -0.05) is 50.6 Å². The minimum absolute atomic E-state index is 0.0276. The van der Waals surface area contributed by atoms with Gasteiger partial charge in [0.2, 0.25) is 11.8 Å². The van der Waals surface area contributed by atoms with E-state index in [1.165, 1.54) is 11.3 Å². The Bertz CT molecular complexity index is 1910. The number of allylic oxidation sites excluding steroid dienone is 2. The Labute approximate surface area is 346 Å². The lowest BCUT2D eigenvalue weighted by atomic mass is 9.73. The molecule has 5 N–H and O–H groups in total. The quantitative estimate of drug-likeness (QED) is 0.0727. The van der Waals surface area contributed by atoms with Crippen LogP contribution in [0.4, 0.5) is 5.69 Å². The molecule has 0 saturated heterocycles. The molecule has 3 heterocycles. The van der Waals surface area contributed by atoms with Gasteiger partial charge >= 0.3 is 5.97 Å². The zero-order valence-corrected chi connectivity index (χ0v) is 35.6. The van der Waals surface area contributed by atoms with Gasteiger partial charge in [-0.2, -0.15) is 0 Å². The van der Waals surface area contributed by atoms with Crippen molar-refractivity contribution in [2.45, 2.75) is 108 Å². The van der Waals surface area contributed by atoms with Gasteiger partial charge in [-0.3, -0.25) is 24.6 Å². The molecule has 0 radical (unpaired) electrons. The van der Waals surface area contributed by atoms with Crippen LogP contribution >= 0.6 is 32.9 Å². The second kappa shape index (κ2) is 22.0. The number of amides is 2. The van der Waals surface area contributed by atoms with Crippen LogP contribution in [0.5, 0.6) is 0 Å². The minimum atomic E-state index is -1.33. The summed E-state index contributed by atoms with van der Waals surface area (Å²) in [6.45, 7) is 10.4. The summed E-state index contributed by atoms with van der Waals surface area (Å²) in [5.41, 5.74) is 6.95. The van der Waals surface area contributed by atoms with E-state index in [1.54, 1.807) is 66.9 Å². The topological polar surface area (TPSA) is 180 Å². The van der Waals surface area contributed by atoms with Gasteiger partial charge in [0.1, 0.15) is 16.9 Å². The molecule has 1 aliphatic heterocycles. The number of aliphatic hydroxyl groups excluding tert-OH is 2. The maximum Gasteiger partial charge on any atom is 0.309 e. The van der Waals surface area contributed by atoms with Crippen LogP contribution in [0.2, 0.25) is 0 Å². The number of hydrogen-bond donors (Lipinski definition) is 5. The number of carbonyl (C=O) groups is 4. The van der Waals surface area contributed by atoms with E-state index in [0.29, 0.717) is 30.5 Å². The molecule has 0 fully saturated rings. The number of aromatic nitrogens is 2. The average Bonchev–Trinajstić information content (AvgIpc) is 3.60. The third-order valence-corrected chi connectivity index (χ3v) is 12.8. The Kier molecular flexibility index (Phi) is 17.6. The molecular formula is C42H53N5O7S3. The highest BCUT2D eigenvalue weighted by molar-refractivity contribution is 8.76. The standard InChI is InChI=1S/C42H53N5O7S3/c1-26-10-9-11-30(24-44-47-37(50)20-19-36(49)46-31-14-16-33(17-15-31)56-57-38-12-7-8-21-43-38)13-18-34(27(2)22-32-25-55-29(4)45-32)54-39(51)23-35(48)42(5,6)41(53)28(3)40(26)52/h7-8,12-18,21-22,24-26,28,34-35,40,44,48,52H,9-11,19-20,23H2,1-6H3,(H,46,49)(H,47,50)/t26-,28+,34-,35-,40-/m0/s1. The number of nitrogens with zero attached hydrogens (tertiary/aromatic N) is 2. The number of aliphatic hydroxyl groups is 2. The molecule has 57 heavy (non-hydrogen) atoms. The fraction of sp³-hybridized carbons (Fsp3) is 0.429. The van der Waals surface area contributed by atoms with Gasteiger partial charge in [-0.25, -0.2) is 9.97 Å². The second-order valence-corrected chi connectivity index (χ2v) is 18.0. The maximum atomic E-state index is 13.5. The summed E-state index contributed by atoms with van der Waals surface area (Å²) in [7, 11) is 3.10. The lowest BCUT2D eigenvalue weighted by molar-refractivity contribution is -0.152. The van der Waals surface area contributed by atoms with Crippen LogP contribution in [0.25, 0.3) is 6.08 Å². The number of Topliss-reactive ketones (excluding diaryl/α,β-unsaturated/α-hetero) is 1. The van der Waals surface area contributed by atoms with Crippen molar-refractivity contribution in [3.63, 3.8) is 0 Å². The van der Waals surface area contributed by atoms with Gasteiger partial charge < -0.3 is 25.7 Å². The van der Waals surface area contributed by atoms with Crippen molar-refractivity contribution in [3.8, 4) is 0 Å². The number of hydrazine groups is 1. The van der Waals surface area contributed by atoms with E-state index in [-0.39, 0.29) is 30.4 Å². The molecule has 1 aromatic carbocycles. The summed E-state index contributed by atoms with van der Waals surface area (Å²) in [5.74, 6) is -2.72. The number of esters is 1. The number of carbonyl (C=O) groups excluding carboxylic acids is 4. The molecule has 2 amide bonds. The SMILES string of the molecule is CC(=Cc1csc(C)n1)[C@@H]1C=CC(=CNNC(=O)CCC(=O)Nc2ccc(SSc3ccccn3)cc2)CCC[C@H](C)[C@H](O)[C@@H](C)C(=O)C(C)(C)[C@@H](O)CC(=O)O1. The van der Waals surface area contributed by atoms with Crippen molar-refractivity contribution >= 4 is 68.3 Å². The molecule has 0 saturated carbocycles. The summed E-state index contributed by atoms with van der Waals surface area (Å²) in [4.78, 5) is 61.9.